The Balaban J connectivity index is 2.07. The molecule has 1 aromatic carbocycles. The van der Waals surface area contributed by atoms with E-state index < -0.39 is 0 Å². The van der Waals surface area contributed by atoms with Gasteiger partial charge in [-0.25, -0.2) is 4.39 Å². The molecule has 0 saturated heterocycles. The predicted molar refractivity (Wildman–Crippen MR) is 65.7 cm³/mol. The Morgan fingerprint density at radius 2 is 2.19 bits per heavy atom. The van der Waals surface area contributed by atoms with Gasteiger partial charge in [0.15, 0.2) is 0 Å². The largest absolute Gasteiger partial charge is 0.393 e. The third-order valence-corrected chi connectivity index (χ3v) is 4.27. The summed E-state index contributed by atoms with van der Waals surface area (Å²) < 4.78 is 13.6. The van der Waals surface area contributed by atoms with Crippen molar-refractivity contribution in [2.75, 3.05) is 0 Å². The van der Waals surface area contributed by atoms with Crippen molar-refractivity contribution in [3.05, 3.63) is 34.1 Å². The molecule has 1 nitrogen and oxygen atoms in total. The quantitative estimate of drug-likeness (QED) is 0.882. The van der Waals surface area contributed by atoms with Crippen LogP contribution in [-0.2, 0) is 6.42 Å². The normalized spacial score (nSPS) is 29.6. The third kappa shape index (κ3) is 2.46. The second kappa shape index (κ2) is 4.84. The van der Waals surface area contributed by atoms with E-state index in [4.69, 9.17) is 0 Å². The zero-order valence-electron chi connectivity index (χ0n) is 9.29. The average Bonchev–Trinajstić information content (AvgIpc) is 2.55. The standard InChI is InChI=1S/C13H16BrFO/c1-8-10(3-5-13(8)16)6-9-2-4-12(15)11(14)7-9/h2,4,7-8,10,13,16H,3,5-6H2,1H3. The molecule has 0 bridgehead atoms. The van der Waals surface area contributed by atoms with Gasteiger partial charge in [0.1, 0.15) is 5.82 Å². The maximum absolute atomic E-state index is 13.1. The van der Waals surface area contributed by atoms with Crippen molar-refractivity contribution < 1.29 is 9.50 Å². The van der Waals surface area contributed by atoms with Gasteiger partial charge in [0.25, 0.3) is 0 Å². The zero-order valence-corrected chi connectivity index (χ0v) is 10.9. The molecule has 88 valence electrons. The van der Waals surface area contributed by atoms with Gasteiger partial charge in [0.05, 0.1) is 10.6 Å². The van der Waals surface area contributed by atoms with Crippen LogP contribution in [0, 0.1) is 17.7 Å². The molecule has 16 heavy (non-hydrogen) atoms. The van der Waals surface area contributed by atoms with Crippen LogP contribution in [0.3, 0.4) is 0 Å². The first-order valence-electron chi connectivity index (χ1n) is 5.70. The molecule has 1 aromatic rings. The second-order valence-corrected chi connectivity index (χ2v) is 5.57. The molecular formula is C13H16BrFO. The molecule has 1 fully saturated rings. The monoisotopic (exact) mass is 286 g/mol. The van der Waals surface area contributed by atoms with Gasteiger partial charge < -0.3 is 5.11 Å². The molecule has 1 N–H and O–H groups in total. The lowest BCUT2D eigenvalue weighted by Crippen LogP contribution is -2.16. The Morgan fingerprint density at radius 1 is 1.44 bits per heavy atom. The summed E-state index contributed by atoms with van der Waals surface area (Å²) in [6, 6.07) is 5.17. The molecule has 0 aromatic heterocycles. The van der Waals surface area contributed by atoms with E-state index in [1.807, 2.05) is 12.1 Å². The summed E-state index contributed by atoms with van der Waals surface area (Å²) >= 11 is 3.20. The minimum absolute atomic E-state index is 0.158. The molecule has 0 radical (unpaired) electrons. The van der Waals surface area contributed by atoms with Gasteiger partial charge in [-0.15, -0.1) is 0 Å². The molecule has 1 aliphatic carbocycles. The molecule has 0 spiro atoms. The van der Waals surface area contributed by atoms with Crippen molar-refractivity contribution in [2.24, 2.45) is 11.8 Å². The molecular weight excluding hydrogens is 271 g/mol. The molecule has 0 aliphatic heterocycles. The number of hydrogen-bond donors (Lipinski definition) is 1. The molecule has 3 heteroatoms. The second-order valence-electron chi connectivity index (χ2n) is 4.72. The Morgan fingerprint density at radius 3 is 2.75 bits per heavy atom. The van der Waals surface area contributed by atoms with Crippen LogP contribution in [0.2, 0.25) is 0 Å². The van der Waals surface area contributed by atoms with Crippen LogP contribution in [0.25, 0.3) is 0 Å². The maximum atomic E-state index is 13.1. The highest BCUT2D eigenvalue weighted by atomic mass is 79.9. The van der Waals surface area contributed by atoms with E-state index in [1.54, 1.807) is 0 Å². The van der Waals surface area contributed by atoms with Crippen LogP contribution in [-0.4, -0.2) is 11.2 Å². The lowest BCUT2D eigenvalue weighted by atomic mass is 9.90. The average molecular weight is 287 g/mol. The number of benzene rings is 1. The van der Waals surface area contributed by atoms with E-state index in [-0.39, 0.29) is 11.9 Å². The number of hydrogen-bond acceptors (Lipinski definition) is 1. The summed E-state index contributed by atoms with van der Waals surface area (Å²) in [6.07, 6.45) is 2.73. The van der Waals surface area contributed by atoms with Crippen LogP contribution < -0.4 is 0 Å². The van der Waals surface area contributed by atoms with Gasteiger partial charge in [0.2, 0.25) is 0 Å². The minimum atomic E-state index is -0.219. The van der Waals surface area contributed by atoms with E-state index >= 15 is 0 Å². The first kappa shape index (κ1) is 12.1. The van der Waals surface area contributed by atoms with Crippen LogP contribution >= 0.6 is 15.9 Å². The van der Waals surface area contributed by atoms with Crippen molar-refractivity contribution >= 4 is 15.9 Å². The van der Waals surface area contributed by atoms with E-state index in [1.165, 1.54) is 6.07 Å². The van der Waals surface area contributed by atoms with Crippen molar-refractivity contribution in [1.29, 1.82) is 0 Å². The number of aliphatic hydroxyl groups excluding tert-OH is 1. The van der Waals surface area contributed by atoms with Crippen molar-refractivity contribution in [1.82, 2.24) is 0 Å². The Kier molecular flexibility index (Phi) is 3.65. The summed E-state index contributed by atoms with van der Waals surface area (Å²) in [5.41, 5.74) is 1.14. The highest BCUT2D eigenvalue weighted by Gasteiger charge is 2.31. The molecule has 0 amide bonds. The van der Waals surface area contributed by atoms with Crippen molar-refractivity contribution in [3.8, 4) is 0 Å². The van der Waals surface area contributed by atoms with Crippen LogP contribution in [0.4, 0.5) is 4.39 Å². The third-order valence-electron chi connectivity index (χ3n) is 3.67. The lowest BCUT2D eigenvalue weighted by Gasteiger charge is -2.17. The summed E-state index contributed by atoms with van der Waals surface area (Å²) in [5.74, 6) is 0.652. The van der Waals surface area contributed by atoms with E-state index in [9.17, 15) is 9.50 Å². The smallest absolute Gasteiger partial charge is 0.137 e. The number of aliphatic hydroxyl groups is 1. The first-order chi connectivity index (χ1) is 7.58. The zero-order chi connectivity index (χ0) is 11.7. The molecule has 3 atom stereocenters. The molecule has 0 heterocycles. The summed E-state index contributed by atoms with van der Waals surface area (Å²) in [6.45, 7) is 2.10. The van der Waals surface area contributed by atoms with Crippen LogP contribution in [0.15, 0.2) is 22.7 Å². The van der Waals surface area contributed by atoms with Crippen molar-refractivity contribution in [3.63, 3.8) is 0 Å². The fraction of sp³-hybridized carbons (Fsp3) is 0.538. The SMILES string of the molecule is CC1C(O)CCC1Cc1ccc(F)c(Br)c1. The maximum Gasteiger partial charge on any atom is 0.137 e. The van der Waals surface area contributed by atoms with Crippen LogP contribution in [0.1, 0.15) is 25.3 Å². The van der Waals surface area contributed by atoms with E-state index in [0.29, 0.717) is 16.3 Å². The molecule has 1 aliphatic rings. The molecule has 3 unspecified atom stereocenters. The van der Waals surface area contributed by atoms with Crippen LogP contribution in [0.5, 0.6) is 0 Å². The molecule has 2 rings (SSSR count). The summed E-state index contributed by atoms with van der Waals surface area (Å²) in [4.78, 5) is 0. The van der Waals surface area contributed by atoms with E-state index in [0.717, 1.165) is 24.8 Å². The number of halogens is 2. The van der Waals surface area contributed by atoms with Gasteiger partial charge in [0, 0.05) is 0 Å². The van der Waals surface area contributed by atoms with Gasteiger partial charge in [-0.1, -0.05) is 13.0 Å². The Bertz CT molecular complexity index is 380. The van der Waals surface area contributed by atoms with Gasteiger partial charge in [-0.05, 0) is 64.7 Å². The Hall–Kier alpha value is -0.410. The predicted octanol–water partition coefficient (Wildman–Crippen LogP) is 3.54. The Labute approximate surface area is 104 Å². The number of rotatable bonds is 2. The highest BCUT2D eigenvalue weighted by molar-refractivity contribution is 9.10. The topological polar surface area (TPSA) is 20.2 Å². The first-order valence-corrected chi connectivity index (χ1v) is 6.49. The fourth-order valence-electron chi connectivity index (χ4n) is 2.48. The lowest BCUT2D eigenvalue weighted by molar-refractivity contribution is 0.127. The highest BCUT2D eigenvalue weighted by Crippen LogP contribution is 2.34. The summed E-state index contributed by atoms with van der Waals surface area (Å²) in [5, 5.41) is 9.68. The van der Waals surface area contributed by atoms with E-state index in [2.05, 4.69) is 22.9 Å². The van der Waals surface area contributed by atoms with Gasteiger partial charge in [-0.3, -0.25) is 0 Å². The fourth-order valence-corrected chi connectivity index (χ4v) is 2.91. The van der Waals surface area contributed by atoms with Gasteiger partial charge >= 0.3 is 0 Å². The summed E-state index contributed by atoms with van der Waals surface area (Å²) in [7, 11) is 0. The van der Waals surface area contributed by atoms with Gasteiger partial charge in [-0.2, -0.15) is 0 Å². The minimum Gasteiger partial charge on any atom is -0.393 e. The van der Waals surface area contributed by atoms with Crippen molar-refractivity contribution in [2.45, 2.75) is 32.3 Å². The molecule has 1 saturated carbocycles.